The van der Waals surface area contributed by atoms with E-state index in [1.54, 1.807) is 6.07 Å². The molecule has 110 valence electrons. The molecule has 0 atom stereocenters. The van der Waals surface area contributed by atoms with Gasteiger partial charge in [0.15, 0.2) is 0 Å². The van der Waals surface area contributed by atoms with Crippen LogP contribution in [0.5, 0.6) is 0 Å². The molecule has 1 heterocycles. The van der Waals surface area contributed by atoms with Gasteiger partial charge in [0.2, 0.25) is 5.91 Å². The maximum absolute atomic E-state index is 13.0. The standard InChI is InChI=1S/C16H23FN2O/c17-15-6-4-5-14(13-15)7-8-16(20)18-9-12-19-10-2-1-3-11-19/h4-6,13H,1-3,7-12H2,(H,18,20). The molecule has 1 N–H and O–H groups in total. The number of carbonyl (C=O) groups excluding carboxylic acids is 1. The lowest BCUT2D eigenvalue weighted by atomic mass is 10.1. The van der Waals surface area contributed by atoms with Crippen LogP contribution in [0.2, 0.25) is 0 Å². The van der Waals surface area contributed by atoms with Crippen LogP contribution in [0.4, 0.5) is 4.39 Å². The molecule has 0 radical (unpaired) electrons. The van der Waals surface area contributed by atoms with Crippen molar-refractivity contribution in [1.29, 1.82) is 0 Å². The van der Waals surface area contributed by atoms with Gasteiger partial charge in [-0.2, -0.15) is 0 Å². The number of likely N-dealkylation sites (tertiary alicyclic amines) is 1. The number of aryl methyl sites for hydroxylation is 1. The fraction of sp³-hybridized carbons (Fsp3) is 0.562. The third kappa shape index (κ3) is 5.29. The third-order valence-electron chi connectivity index (χ3n) is 3.73. The van der Waals surface area contributed by atoms with E-state index in [1.165, 1.54) is 31.4 Å². The van der Waals surface area contributed by atoms with Gasteiger partial charge in [0.1, 0.15) is 5.82 Å². The fourth-order valence-corrected chi connectivity index (χ4v) is 2.58. The van der Waals surface area contributed by atoms with Gasteiger partial charge in [-0.05, 0) is 50.0 Å². The Hall–Kier alpha value is -1.42. The van der Waals surface area contributed by atoms with E-state index in [0.29, 0.717) is 19.4 Å². The molecule has 0 aromatic heterocycles. The highest BCUT2D eigenvalue weighted by atomic mass is 19.1. The highest BCUT2D eigenvalue weighted by Gasteiger charge is 2.09. The largest absolute Gasteiger partial charge is 0.355 e. The number of hydrogen-bond donors (Lipinski definition) is 1. The molecule has 0 bridgehead atoms. The van der Waals surface area contributed by atoms with Gasteiger partial charge in [0.05, 0.1) is 0 Å². The first-order valence-corrected chi connectivity index (χ1v) is 7.47. The number of benzene rings is 1. The van der Waals surface area contributed by atoms with Crippen LogP contribution in [0, 0.1) is 5.82 Å². The van der Waals surface area contributed by atoms with E-state index in [2.05, 4.69) is 10.2 Å². The van der Waals surface area contributed by atoms with Gasteiger partial charge in [-0.3, -0.25) is 4.79 Å². The predicted octanol–water partition coefficient (Wildman–Crippen LogP) is 2.36. The van der Waals surface area contributed by atoms with E-state index in [0.717, 1.165) is 25.2 Å². The zero-order valence-corrected chi connectivity index (χ0v) is 11.9. The van der Waals surface area contributed by atoms with Crippen molar-refractivity contribution in [2.45, 2.75) is 32.1 Å². The van der Waals surface area contributed by atoms with Crippen molar-refractivity contribution in [3.05, 3.63) is 35.6 Å². The second-order valence-corrected chi connectivity index (χ2v) is 5.38. The molecule has 1 amide bonds. The van der Waals surface area contributed by atoms with Crippen LogP contribution in [-0.4, -0.2) is 37.0 Å². The Morgan fingerprint density at radius 2 is 2.05 bits per heavy atom. The normalized spacial score (nSPS) is 16.1. The quantitative estimate of drug-likeness (QED) is 0.866. The number of halogens is 1. The van der Waals surface area contributed by atoms with E-state index in [4.69, 9.17) is 0 Å². The number of piperidine rings is 1. The van der Waals surface area contributed by atoms with Gasteiger partial charge in [0.25, 0.3) is 0 Å². The summed E-state index contributed by atoms with van der Waals surface area (Å²) in [7, 11) is 0. The number of amides is 1. The van der Waals surface area contributed by atoms with E-state index in [9.17, 15) is 9.18 Å². The smallest absolute Gasteiger partial charge is 0.220 e. The maximum Gasteiger partial charge on any atom is 0.220 e. The molecule has 4 heteroatoms. The van der Waals surface area contributed by atoms with E-state index in [1.807, 2.05) is 6.07 Å². The molecule has 0 unspecified atom stereocenters. The second-order valence-electron chi connectivity index (χ2n) is 5.38. The van der Waals surface area contributed by atoms with Crippen molar-refractivity contribution < 1.29 is 9.18 Å². The summed E-state index contributed by atoms with van der Waals surface area (Å²) in [5.74, 6) is -0.195. The number of nitrogens with one attached hydrogen (secondary N) is 1. The lowest BCUT2D eigenvalue weighted by Gasteiger charge is -2.26. The SMILES string of the molecule is O=C(CCc1cccc(F)c1)NCCN1CCCCC1. The summed E-state index contributed by atoms with van der Waals surface area (Å²) in [6, 6.07) is 6.44. The lowest BCUT2D eigenvalue weighted by Crippen LogP contribution is -2.37. The molecule has 1 aromatic rings. The molecular weight excluding hydrogens is 255 g/mol. The van der Waals surface area contributed by atoms with Crippen molar-refractivity contribution >= 4 is 5.91 Å². The van der Waals surface area contributed by atoms with Crippen molar-refractivity contribution in [1.82, 2.24) is 10.2 Å². The van der Waals surface area contributed by atoms with Gasteiger partial charge in [0, 0.05) is 19.5 Å². The third-order valence-corrected chi connectivity index (χ3v) is 3.73. The summed E-state index contributed by atoms with van der Waals surface area (Å²) in [5.41, 5.74) is 0.871. The zero-order chi connectivity index (χ0) is 14.2. The van der Waals surface area contributed by atoms with Crippen molar-refractivity contribution in [3.63, 3.8) is 0 Å². The highest BCUT2D eigenvalue weighted by Crippen LogP contribution is 2.08. The average molecular weight is 278 g/mol. The molecule has 1 aromatic carbocycles. The summed E-state index contributed by atoms with van der Waals surface area (Å²) in [6.45, 7) is 3.95. The summed E-state index contributed by atoms with van der Waals surface area (Å²) in [4.78, 5) is 14.1. The highest BCUT2D eigenvalue weighted by molar-refractivity contribution is 5.76. The van der Waals surface area contributed by atoms with Crippen molar-refractivity contribution in [2.75, 3.05) is 26.2 Å². The molecule has 0 saturated carbocycles. The van der Waals surface area contributed by atoms with Gasteiger partial charge >= 0.3 is 0 Å². The predicted molar refractivity (Wildman–Crippen MR) is 78.0 cm³/mol. The van der Waals surface area contributed by atoms with Crippen LogP contribution in [0.15, 0.2) is 24.3 Å². The molecule has 3 nitrogen and oxygen atoms in total. The Bertz CT molecular complexity index is 430. The monoisotopic (exact) mass is 278 g/mol. The Morgan fingerprint density at radius 3 is 2.80 bits per heavy atom. The topological polar surface area (TPSA) is 32.3 Å². The minimum atomic E-state index is -0.243. The minimum Gasteiger partial charge on any atom is -0.355 e. The van der Waals surface area contributed by atoms with Gasteiger partial charge in [-0.1, -0.05) is 18.6 Å². The van der Waals surface area contributed by atoms with E-state index in [-0.39, 0.29) is 11.7 Å². The first kappa shape index (κ1) is 15.0. The molecule has 1 aliphatic heterocycles. The van der Waals surface area contributed by atoms with Crippen LogP contribution in [0.25, 0.3) is 0 Å². The van der Waals surface area contributed by atoms with Crippen LogP contribution < -0.4 is 5.32 Å². The van der Waals surface area contributed by atoms with Crippen molar-refractivity contribution in [3.8, 4) is 0 Å². The number of nitrogens with zero attached hydrogens (tertiary/aromatic N) is 1. The van der Waals surface area contributed by atoms with Crippen LogP contribution >= 0.6 is 0 Å². The van der Waals surface area contributed by atoms with Crippen LogP contribution in [-0.2, 0) is 11.2 Å². The molecule has 1 saturated heterocycles. The Kier molecular flexibility index (Phi) is 5.99. The molecular formula is C16H23FN2O. The molecule has 1 aliphatic rings. The lowest BCUT2D eigenvalue weighted by molar-refractivity contribution is -0.121. The fourth-order valence-electron chi connectivity index (χ4n) is 2.58. The van der Waals surface area contributed by atoms with Crippen molar-refractivity contribution in [2.24, 2.45) is 0 Å². The molecule has 20 heavy (non-hydrogen) atoms. The number of rotatable bonds is 6. The molecule has 0 aliphatic carbocycles. The molecule has 0 spiro atoms. The number of hydrogen-bond acceptors (Lipinski definition) is 2. The first-order chi connectivity index (χ1) is 9.74. The minimum absolute atomic E-state index is 0.0475. The number of carbonyl (C=O) groups is 1. The first-order valence-electron chi connectivity index (χ1n) is 7.47. The molecule has 1 fully saturated rings. The van der Waals surface area contributed by atoms with Gasteiger partial charge in [-0.25, -0.2) is 4.39 Å². The zero-order valence-electron chi connectivity index (χ0n) is 11.9. The summed E-state index contributed by atoms with van der Waals surface area (Å²) < 4.78 is 13.0. The Balaban J connectivity index is 1.60. The summed E-state index contributed by atoms with van der Waals surface area (Å²) >= 11 is 0. The van der Waals surface area contributed by atoms with E-state index < -0.39 is 0 Å². The van der Waals surface area contributed by atoms with E-state index >= 15 is 0 Å². The maximum atomic E-state index is 13.0. The Morgan fingerprint density at radius 1 is 1.25 bits per heavy atom. The summed E-state index contributed by atoms with van der Waals surface area (Å²) in [6.07, 6.45) is 4.88. The van der Waals surface area contributed by atoms with Crippen LogP contribution in [0.1, 0.15) is 31.2 Å². The van der Waals surface area contributed by atoms with Gasteiger partial charge in [-0.15, -0.1) is 0 Å². The second kappa shape index (κ2) is 8.00. The summed E-state index contributed by atoms with van der Waals surface area (Å²) in [5, 5.41) is 2.94. The average Bonchev–Trinajstić information content (AvgIpc) is 2.46. The Labute approximate surface area is 120 Å². The molecule has 2 rings (SSSR count). The van der Waals surface area contributed by atoms with Crippen LogP contribution in [0.3, 0.4) is 0 Å². The van der Waals surface area contributed by atoms with Gasteiger partial charge < -0.3 is 10.2 Å².